The zero-order chi connectivity index (χ0) is 11.3. The maximum Gasteiger partial charge on any atom is 0.315 e. The Hall–Kier alpha value is -1.45. The minimum Gasteiger partial charge on any atom is -0.367 e. The van der Waals surface area contributed by atoms with Gasteiger partial charge < -0.3 is 15.6 Å². The number of rotatable bonds is 3. The van der Waals surface area contributed by atoms with E-state index in [0.29, 0.717) is 13.1 Å². The van der Waals surface area contributed by atoms with Crippen molar-refractivity contribution in [1.82, 2.24) is 15.6 Å². The van der Waals surface area contributed by atoms with E-state index < -0.39 is 0 Å². The van der Waals surface area contributed by atoms with E-state index in [9.17, 15) is 4.79 Å². The summed E-state index contributed by atoms with van der Waals surface area (Å²) in [6.07, 6.45) is 3.70. The van der Waals surface area contributed by atoms with Crippen LogP contribution in [0.5, 0.6) is 0 Å². The number of aromatic nitrogens is 1. The number of amides is 2. The summed E-state index contributed by atoms with van der Waals surface area (Å²) in [5.74, 6) is 0. The highest BCUT2D eigenvalue weighted by atomic mass is 16.2. The minimum absolute atomic E-state index is 0.116. The largest absolute Gasteiger partial charge is 0.367 e. The van der Waals surface area contributed by atoms with Gasteiger partial charge in [0.05, 0.1) is 0 Å². The van der Waals surface area contributed by atoms with Crippen LogP contribution in [0, 0.1) is 5.41 Å². The average molecular weight is 209 g/mol. The molecule has 4 heteroatoms. The van der Waals surface area contributed by atoms with Gasteiger partial charge in [-0.15, -0.1) is 0 Å². The molecule has 2 amide bonds. The molecule has 0 saturated heterocycles. The Morgan fingerprint density at radius 3 is 2.67 bits per heavy atom. The van der Waals surface area contributed by atoms with Gasteiger partial charge in [0, 0.05) is 25.5 Å². The number of hydrogen-bond donors (Lipinski definition) is 3. The zero-order valence-corrected chi connectivity index (χ0v) is 9.55. The molecule has 0 aromatic carbocycles. The van der Waals surface area contributed by atoms with Crippen molar-refractivity contribution < 1.29 is 4.79 Å². The Labute approximate surface area is 90.5 Å². The number of carbonyl (C=O) groups is 1. The lowest BCUT2D eigenvalue weighted by Crippen LogP contribution is -2.39. The fraction of sp³-hybridized carbons (Fsp3) is 0.545. The highest BCUT2D eigenvalue weighted by Crippen LogP contribution is 2.09. The Morgan fingerprint density at radius 1 is 1.40 bits per heavy atom. The van der Waals surface area contributed by atoms with Gasteiger partial charge in [-0.25, -0.2) is 4.79 Å². The Bertz CT molecular complexity index is 298. The molecule has 3 N–H and O–H groups in total. The average Bonchev–Trinajstić information content (AvgIpc) is 2.62. The summed E-state index contributed by atoms with van der Waals surface area (Å²) in [6, 6.07) is 1.82. The predicted molar refractivity (Wildman–Crippen MR) is 60.5 cm³/mol. The number of aromatic amines is 1. The summed E-state index contributed by atoms with van der Waals surface area (Å²) >= 11 is 0. The molecule has 0 aliphatic heterocycles. The van der Waals surface area contributed by atoms with Crippen LogP contribution in [0.3, 0.4) is 0 Å². The van der Waals surface area contributed by atoms with Gasteiger partial charge in [-0.3, -0.25) is 0 Å². The number of urea groups is 1. The van der Waals surface area contributed by atoms with E-state index >= 15 is 0 Å². The summed E-state index contributed by atoms with van der Waals surface area (Å²) in [7, 11) is 0. The fourth-order valence-corrected chi connectivity index (χ4v) is 1.06. The maximum atomic E-state index is 11.4. The van der Waals surface area contributed by atoms with E-state index in [1.54, 1.807) is 0 Å². The van der Waals surface area contributed by atoms with Crippen LogP contribution < -0.4 is 10.6 Å². The first kappa shape index (κ1) is 11.6. The van der Waals surface area contributed by atoms with E-state index in [1.165, 1.54) is 0 Å². The van der Waals surface area contributed by atoms with E-state index in [0.717, 1.165) is 5.56 Å². The molecule has 0 bridgehead atoms. The van der Waals surface area contributed by atoms with E-state index in [1.807, 2.05) is 18.5 Å². The van der Waals surface area contributed by atoms with Crippen molar-refractivity contribution in [1.29, 1.82) is 0 Å². The van der Waals surface area contributed by atoms with Gasteiger partial charge in [0.15, 0.2) is 0 Å². The molecule has 0 fully saturated rings. The molecular formula is C11H19N3O. The third-order valence-electron chi connectivity index (χ3n) is 1.89. The number of carbonyl (C=O) groups excluding carboxylic acids is 1. The Morgan fingerprint density at radius 2 is 2.13 bits per heavy atom. The van der Waals surface area contributed by atoms with Crippen molar-refractivity contribution >= 4 is 6.03 Å². The van der Waals surface area contributed by atoms with Gasteiger partial charge in [0.25, 0.3) is 0 Å². The molecule has 0 aliphatic rings. The van der Waals surface area contributed by atoms with Crippen molar-refractivity contribution in [3.05, 3.63) is 24.0 Å². The molecule has 0 spiro atoms. The lowest BCUT2D eigenvalue weighted by Gasteiger charge is -2.18. The molecule has 4 nitrogen and oxygen atoms in total. The summed E-state index contributed by atoms with van der Waals surface area (Å²) in [4.78, 5) is 14.3. The molecule has 0 radical (unpaired) electrons. The molecule has 0 aliphatic carbocycles. The summed E-state index contributed by atoms with van der Waals surface area (Å²) < 4.78 is 0. The zero-order valence-electron chi connectivity index (χ0n) is 9.55. The number of hydrogen-bond acceptors (Lipinski definition) is 1. The summed E-state index contributed by atoms with van der Waals surface area (Å²) in [5, 5.41) is 5.61. The monoisotopic (exact) mass is 209 g/mol. The van der Waals surface area contributed by atoms with Crippen molar-refractivity contribution in [3.63, 3.8) is 0 Å². The highest BCUT2D eigenvalue weighted by Gasteiger charge is 2.11. The SMILES string of the molecule is CC(C)(C)CNC(=O)NCc1cc[nH]c1. The molecule has 15 heavy (non-hydrogen) atoms. The molecule has 1 rings (SSSR count). The first-order valence-corrected chi connectivity index (χ1v) is 5.11. The van der Waals surface area contributed by atoms with Crippen molar-refractivity contribution in [2.24, 2.45) is 5.41 Å². The second kappa shape index (κ2) is 4.87. The molecular weight excluding hydrogens is 190 g/mol. The first-order chi connectivity index (χ1) is 6.97. The standard InChI is InChI=1S/C11H19N3O/c1-11(2,3)8-14-10(15)13-7-9-4-5-12-6-9/h4-6,12H,7-8H2,1-3H3,(H2,13,14,15). The second-order valence-electron chi connectivity index (χ2n) is 4.82. The van der Waals surface area contributed by atoms with Crippen LogP contribution in [-0.4, -0.2) is 17.6 Å². The van der Waals surface area contributed by atoms with Crippen LogP contribution in [0.1, 0.15) is 26.3 Å². The van der Waals surface area contributed by atoms with E-state index in [-0.39, 0.29) is 11.4 Å². The van der Waals surface area contributed by atoms with Crippen LogP contribution in [-0.2, 0) is 6.54 Å². The van der Waals surface area contributed by atoms with Crippen LogP contribution in [0.25, 0.3) is 0 Å². The topological polar surface area (TPSA) is 56.9 Å². The Kier molecular flexibility index (Phi) is 3.77. The molecule has 1 heterocycles. The van der Waals surface area contributed by atoms with Crippen molar-refractivity contribution in [2.45, 2.75) is 27.3 Å². The smallest absolute Gasteiger partial charge is 0.315 e. The quantitative estimate of drug-likeness (QED) is 0.699. The third kappa shape index (κ3) is 5.10. The normalized spacial score (nSPS) is 11.1. The highest BCUT2D eigenvalue weighted by molar-refractivity contribution is 5.73. The van der Waals surface area contributed by atoms with Gasteiger partial charge in [-0.05, 0) is 17.0 Å². The Balaban J connectivity index is 2.20. The van der Waals surface area contributed by atoms with Crippen LogP contribution in [0.2, 0.25) is 0 Å². The minimum atomic E-state index is -0.119. The number of H-pyrrole nitrogens is 1. The van der Waals surface area contributed by atoms with Gasteiger partial charge in [-0.2, -0.15) is 0 Å². The number of nitrogens with one attached hydrogen (secondary N) is 3. The lowest BCUT2D eigenvalue weighted by molar-refractivity contribution is 0.235. The molecule has 1 aromatic rings. The predicted octanol–water partition coefficient (Wildman–Crippen LogP) is 1.86. The van der Waals surface area contributed by atoms with Crippen LogP contribution >= 0.6 is 0 Å². The molecule has 0 saturated carbocycles. The van der Waals surface area contributed by atoms with E-state index in [4.69, 9.17) is 0 Å². The van der Waals surface area contributed by atoms with Crippen LogP contribution in [0.4, 0.5) is 4.79 Å². The van der Waals surface area contributed by atoms with Gasteiger partial charge >= 0.3 is 6.03 Å². The van der Waals surface area contributed by atoms with Gasteiger partial charge in [0.1, 0.15) is 0 Å². The van der Waals surface area contributed by atoms with Gasteiger partial charge in [0.2, 0.25) is 0 Å². The second-order valence-corrected chi connectivity index (χ2v) is 4.82. The molecule has 0 unspecified atom stereocenters. The van der Waals surface area contributed by atoms with Crippen molar-refractivity contribution in [3.8, 4) is 0 Å². The van der Waals surface area contributed by atoms with Crippen LogP contribution in [0.15, 0.2) is 18.5 Å². The fourth-order valence-electron chi connectivity index (χ4n) is 1.06. The van der Waals surface area contributed by atoms with E-state index in [2.05, 4.69) is 36.4 Å². The first-order valence-electron chi connectivity index (χ1n) is 5.11. The van der Waals surface area contributed by atoms with Crippen molar-refractivity contribution in [2.75, 3.05) is 6.54 Å². The molecule has 84 valence electrons. The summed E-state index contributed by atoms with van der Waals surface area (Å²) in [6.45, 7) is 7.48. The maximum absolute atomic E-state index is 11.4. The third-order valence-corrected chi connectivity index (χ3v) is 1.89. The molecule has 0 atom stereocenters. The molecule has 1 aromatic heterocycles. The lowest BCUT2D eigenvalue weighted by atomic mass is 9.97. The van der Waals surface area contributed by atoms with Gasteiger partial charge in [-0.1, -0.05) is 20.8 Å². The summed E-state index contributed by atoms with van der Waals surface area (Å²) in [5.41, 5.74) is 1.19.